The molecule has 1 atom stereocenters. The Morgan fingerprint density at radius 3 is 2.81 bits per heavy atom. The number of nitrogens with one attached hydrogen (secondary N) is 1. The van der Waals surface area contributed by atoms with Crippen LogP contribution in [0.5, 0.6) is 0 Å². The van der Waals surface area contributed by atoms with Gasteiger partial charge in [-0.1, -0.05) is 18.2 Å². The number of rotatable bonds is 4. The van der Waals surface area contributed by atoms with E-state index in [1.165, 1.54) is 23.2 Å². The molecule has 4 rings (SSSR count). The molecule has 2 aliphatic heterocycles. The van der Waals surface area contributed by atoms with Crippen LogP contribution in [0.3, 0.4) is 0 Å². The zero-order valence-corrected chi connectivity index (χ0v) is 19.6. The van der Waals surface area contributed by atoms with Crippen molar-refractivity contribution >= 4 is 28.8 Å². The number of aryl methyl sites for hydroxylation is 1. The van der Waals surface area contributed by atoms with Gasteiger partial charge in [-0.3, -0.25) is 0 Å². The van der Waals surface area contributed by atoms with Gasteiger partial charge in [0.1, 0.15) is 5.60 Å². The molecule has 1 amide bonds. The lowest BCUT2D eigenvalue weighted by Gasteiger charge is -2.32. The molecular formula is C25H33N3O2S. The molecule has 5 nitrogen and oxygen atoms in total. The van der Waals surface area contributed by atoms with E-state index in [0.717, 1.165) is 43.8 Å². The van der Waals surface area contributed by atoms with Gasteiger partial charge in [-0.15, -0.1) is 11.3 Å². The number of carbonyl (C=O) groups excluding carboxylic acids is 1. The first-order chi connectivity index (χ1) is 14.8. The molecule has 6 heteroatoms. The van der Waals surface area contributed by atoms with Gasteiger partial charge in [0.2, 0.25) is 0 Å². The van der Waals surface area contributed by atoms with Crippen LogP contribution in [0.15, 0.2) is 35.7 Å². The molecule has 0 bridgehead atoms. The Morgan fingerprint density at radius 2 is 2.06 bits per heavy atom. The van der Waals surface area contributed by atoms with E-state index >= 15 is 0 Å². The lowest BCUT2D eigenvalue weighted by Crippen LogP contribution is -2.41. The minimum Gasteiger partial charge on any atom is -0.444 e. The van der Waals surface area contributed by atoms with E-state index in [-0.39, 0.29) is 6.09 Å². The quantitative estimate of drug-likeness (QED) is 0.639. The molecule has 1 saturated heterocycles. The van der Waals surface area contributed by atoms with E-state index in [4.69, 9.17) is 10.1 Å². The van der Waals surface area contributed by atoms with E-state index in [9.17, 15) is 4.79 Å². The van der Waals surface area contributed by atoms with E-state index in [2.05, 4.69) is 23.1 Å². The standard InChI is InChI=1S/C25H33N3O2S/c1-25(2,3)30-24(29)27-13-11-20(17-27)28-12-5-4-7-19-15-18(9-10-22(19)28)16-21(26)23-8-6-14-31-23/h6,8-10,14-15,20,26H,4-5,7,11-13,16-17H2,1-3H3. The molecule has 166 valence electrons. The first-order valence-electron chi connectivity index (χ1n) is 11.3. The Balaban J connectivity index is 1.47. The number of amides is 1. The molecular weight excluding hydrogens is 406 g/mol. The van der Waals surface area contributed by atoms with E-state index in [0.29, 0.717) is 18.2 Å². The van der Waals surface area contributed by atoms with Gasteiger partial charge in [0.25, 0.3) is 0 Å². The fraction of sp³-hybridized carbons (Fsp3) is 0.520. The molecule has 1 unspecified atom stereocenters. The largest absolute Gasteiger partial charge is 0.444 e. The summed E-state index contributed by atoms with van der Waals surface area (Å²) < 4.78 is 5.58. The molecule has 1 N–H and O–H groups in total. The van der Waals surface area contributed by atoms with Gasteiger partial charge in [0.05, 0.1) is 5.71 Å². The average Bonchev–Trinajstić information content (AvgIpc) is 3.36. The highest BCUT2D eigenvalue weighted by Crippen LogP contribution is 2.32. The Morgan fingerprint density at radius 1 is 1.23 bits per heavy atom. The second-order valence-corrected chi connectivity index (χ2v) is 10.6. The number of thiophene rings is 1. The van der Waals surface area contributed by atoms with Gasteiger partial charge in [0, 0.05) is 42.7 Å². The van der Waals surface area contributed by atoms with Gasteiger partial charge in [0.15, 0.2) is 0 Å². The predicted molar refractivity (Wildman–Crippen MR) is 128 cm³/mol. The molecule has 0 spiro atoms. The van der Waals surface area contributed by atoms with Crippen molar-refractivity contribution in [3.8, 4) is 0 Å². The summed E-state index contributed by atoms with van der Waals surface area (Å²) in [6.07, 6.45) is 4.87. The normalized spacial score (nSPS) is 19.1. The molecule has 1 aromatic carbocycles. The van der Waals surface area contributed by atoms with Crippen LogP contribution >= 0.6 is 11.3 Å². The second-order valence-electron chi connectivity index (χ2n) is 9.62. The van der Waals surface area contributed by atoms with Gasteiger partial charge in [-0.25, -0.2) is 4.79 Å². The van der Waals surface area contributed by atoms with Crippen LogP contribution < -0.4 is 4.90 Å². The first-order valence-corrected chi connectivity index (χ1v) is 12.2. The van der Waals surface area contributed by atoms with Crippen molar-refractivity contribution < 1.29 is 9.53 Å². The smallest absolute Gasteiger partial charge is 0.410 e. The van der Waals surface area contributed by atoms with Crippen LogP contribution in [0.4, 0.5) is 10.5 Å². The summed E-state index contributed by atoms with van der Waals surface area (Å²) in [4.78, 5) is 17.9. The van der Waals surface area contributed by atoms with Crippen molar-refractivity contribution in [1.82, 2.24) is 4.90 Å². The fourth-order valence-electron chi connectivity index (χ4n) is 4.56. The average molecular weight is 440 g/mol. The number of hydrogen-bond donors (Lipinski definition) is 1. The predicted octanol–water partition coefficient (Wildman–Crippen LogP) is 5.51. The maximum atomic E-state index is 12.5. The highest BCUT2D eigenvalue weighted by atomic mass is 32.1. The Labute approximate surface area is 189 Å². The molecule has 0 radical (unpaired) electrons. The summed E-state index contributed by atoms with van der Waals surface area (Å²) in [6.45, 7) is 8.25. The molecule has 3 heterocycles. The highest BCUT2D eigenvalue weighted by Gasteiger charge is 2.34. The number of hydrogen-bond acceptors (Lipinski definition) is 5. The van der Waals surface area contributed by atoms with Crippen molar-refractivity contribution in [1.29, 1.82) is 5.41 Å². The minimum atomic E-state index is -0.461. The molecule has 2 aromatic rings. The van der Waals surface area contributed by atoms with E-state index in [1.54, 1.807) is 11.3 Å². The van der Waals surface area contributed by atoms with Crippen molar-refractivity contribution in [2.75, 3.05) is 24.5 Å². The second kappa shape index (κ2) is 9.03. The van der Waals surface area contributed by atoms with Crippen molar-refractivity contribution in [3.63, 3.8) is 0 Å². The molecule has 0 saturated carbocycles. The summed E-state index contributed by atoms with van der Waals surface area (Å²) in [7, 11) is 0. The third-order valence-electron chi connectivity index (χ3n) is 6.00. The highest BCUT2D eigenvalue weighted by molar-refractivity contribution is 7.12. The summed E-state index contributed by atoms with van der Waals surface area (Å²) in [5.74, 6) is 0. The zero-order chi connectivity index (χ0) is 22.0. The molecule has 2 aliphatic rings. The van der Waals surface area contributed by atoms with Crippen LogP contribution in [-0.4, -0.2) is 48.0 Å². The Hall–Kier alpha value is -2.34. The number of nitrogens with zero attached hydrogens (tertiary/aromatic N) is 2. The topological polar surface area (TPSA) is 56.6 Å². The van der Waals surface area contributed by atoms with Crippen LogP contribution in [0.1, 0.15) is 56.0 Å². The molecule has 1 fully saturated rings. The summed E-state index contributed by atoms with van der Waals surface area (Å²) >= 11 is 1.63. The fourth-order valence-corrected chi connectivity index (χ4v) is 5.23. The van der Waals surface area contributed by atoms with Crippen LogP contribution in [0.25, 0.3) is 0 Å². The van der Waals surface area contributed by atoms with Crippen LogP contribution in [0.2, 0.25) is 0 Å². The van der Waals surface area contributed by atoms with Gasteiger partial charge < -0.3 is 19.9 Å². The zero-order valence-electron chi connectivity index (χ0n) is 18.8. The Bertz CT molecular complexity index is 933. The SMILES string of the molecule is CC(C)(C)OC(=O)N1CCC(N2CCCCc3cc(CC(=N)c4cccs4)ccc32)C1. The van der Waals surface area contributed by atoms with E-state index < -0.39 is 5.60 Å². The number of anilines is 1. The Kier molecular flexibility index (Phi) is 6.37. The number of likely N-dealkylation sites (tertiary alicyclic amines) is 1. The molecule has 0 aliphatic carbocycles. The summed E-state index contributed by atoms with van der Waals surface area (Å²) in [5.41, 5.74) is 4.12. The third kappa shape index (κ3) is 5.29. The lowest BCUT2D eigenvalue weighted by molar-refractivity contribution is 0.0292. The summed E-state index contributed by atoms with van der Waals surface area (Å²) in [5, 5.41) is 10.4. The maximum Gasteiger partial charge on any atom is 0.410 e. The van der Waals surface area contributed by atoms with Crippen molar-refractivity contribution in [3.05, 3.63) is 51.7 Å². The number of fused-ring (bicyclic) bond motifs is 1. The van der Waals surface area contributed by atoms with Crippen molar-refractivity contribution in [2.24, 2.45) is 0 Å². The monoisotopic (exact) mass is 439 g/mol. The first kappa shape index (κ1) is 21.9. The number of benzene rings is 1. The number of ether oxygens (including phenoxy) is 1. The minimum absolute atomic E-state index is 0.201. The van der Waals surface area contributed by atoms with Gasteiger partial charge >= 0.3 is 6.09 Å². The van der Waals surface area contributed by atoms with Crippen LogP contribution in [-0.2, 0) is 17.6 Å². The molecule has 1 aromatic heterocycles. The van der Waals surface area contributed by atoms with Gasteiger partial charge in [-0.2, -0.15) is 0 Å². The lowest BCUT2D eigenvalue weighted by atomic mass is 10.00. The third-order valence-corrected chi connectivity index (χ3v) is 6.93. The molecule has 31 heavy (non-hydrogen) atoms. The van der Waals surface area contributed by atoms with Crippen LogP contribution in [0, 0.1) is 5.41 Å². The van der Waals surface area contributed by atoms with Crippen molar-refractivity contribution in [2.45, 2.75) is 64.5 Å². The summed E-state index contributed by atoms with van der Waals surface area (Å²) in [6, 6.07) is 11.1. The van der Waals surface area contributed by atoms with E-state index in [1.807, 2.05) is 43.2 Å². The number of carbonyl (C=O) groups is 1. The van der Waals surface area contributed by atoms with Gasteiger partial charge in [-0.05, 0) is 75.1 Å². The maximum absolute atomic E-state index is 12.5.